The Bertz CT molecular complexity index is 1300. The summed E-state index contributed by atoms with van der Waals surface area (Å²) in [5.41, 5.74) is 0.156. The van der Waals surface area contributed by atoms with Crippen LogP contribution in [0, 0.1) is 11.8 Å². The Balaban J connectivity index is 1.61. The minimum absolute atomic E-state index is 0.0462. The molecular weight excluding hydrogens is 480 g/mol. The second-order valence-electron chi connectivity index (χ2n) is 9.05. The fourth-order valence-electron chi connectivity index (χ4n) is 5.42. The number of carbonyl (C=O) groups is 3. The number of ether oxygens (including phenoxy) is 1. The first-order valence-corrected chi connectivity index (χ1v) is 12.1. The highest BCUT2D eigenvalue weighted by Crippen LogP contribution is 2.51. The number of hydrogen-bond acceptors (Lipinski definition) is 5. The molecule has 3 aromatic carbocycles. The Kier molecular flexibility index (Phi) is 6.28. The van der Waals surface area contributed by atoms with Gasteiger partial charge >= 0.3 is 5.97 Å². The van der Waals surface area contributed by atoms with Crippen LogP contribution in [0.2, 0.25) is 5.02 Å². The molecule has 0 aliphatic carbocycles. The van der Waals surface area contributed by atoms with Gasteiger partial charge in [-0.2, -0.15) is 0 Å². The predicted molar refractivity (Wildman–Crippen MR) is 135 cm³/mol. The average Bonchev–Trinajstić information content (AvgIpc) is 3.35. The van der Waals surface area contributed by atoms with Crippen LogP contribution >= 0.6 is 11.6 Å². The van der Waals surface area contributed by atoms with E-state index in [-0.39, 0.29) is 6.42 Å². The van der Waals surface area contributed by atoms with Crippen LogP contribution < -0.4 is 15.0 Å². The molecule has 7 nitrogen and oxygen atoms in total. The van der Waals surface area contributed by atoms with Gasteiger partial charge in [-0.15, -0.1) is 0 Å². The Labute approximate surface area is 213 Å². The maximum Gasteiger partial charge on any atom is 0.325 e. The molecule has 0 saturated carbocycles. The van der Waals surface area contributed by atoms with Crippen LogP contribution in [0.25, 0.3) is 0 Å². The number of carboxylic acid groups (broad SMARTS) is 1. The molecule has 3 aromatic rings. The summed E-state index contributed by atoms with van der Waals surface area (Å²) < 4.78 is 5.48. The summed E-state index contributed by atoms with van der Waals surface area (Å²) in [5, 5.41) is 14.3. The smallest absolute Gasteiger partial charge is 0.325 e. The summed E-state index contributed by atoms with van der Waals surface area (Å²) in [6.45, 7) is 2.35. The maximum atomic E-state index is 13.9. The van der Waals surface area contributed by atoms with Crippen molar-refractivity contribution < 1.29 is 24.2 Å². The van der Waals surface area contributed by atoms with Crippen molar-refractivity contribution in [3.8, 4) is 5.75 Å². The standard InChI is InChI=1S/C28H25ClN2O5/c1-2-36-21-14-12-20(13-15-21)31-25(32)22-23(26(31)33)28(27(34)35,16-17-6-4-3-5-7-17)30-24(22)18-8-10-19(29)11-9-18/h3-15,22-24,30H,2,16H2,1H3,(H,34,35)/t22-,23-,24-,28+/m0/s1. The van der Waals surface area contributed by atoms with E-state index in [9.17, 15) is 19.5 Å². The monoisotopic (exact) mass is 504 g/mol. The number of nitrogens with zero attached hydrogens (tertiary/aromatic N) is 1. The average molecular weight is 505 g/mol. The van der Waals surface area contributed by atoms with Crippen LogP contribution in [-0.4, -0.2) is 35.0 Å². The van der Waals surface area contributed by atoms with Crippen LogP contribution in [0.15, 0.2) is 78.9 Å². The van der Waals surface area contributed by atoms with Crippen molar-refractivity contribution in [3.63, 3.8) is 0 Å². The first kappa shape index (κ1) is 24.0. The van der Waals surface area contributed by atoms with Gasteiger partial charge in [-0.1, -0.05) is 54.1 Å². The SMILES string of the molecule is CCOc1ccc(N2C(=O)[C@H]3[C@@H](C2=O)[C@](Cc2ccccc2)(C(=O)O)N[C@H]3c2ccc(Cl)cc2)cc1. The normalized spacial score (nSPS) is 25.2. The lowest BCUT2D eigenvalue weighted by Gasteiger charge is -2.31. The molecule has 0 aromatic heterocycles. The van der Waals surface area contributed by atoms with Crippen molar-refractivity contribution in [2.45, 2.75) is 24.9 Å². The highest BCUT2D eigenvalue weighted by atomic mass is 35.5. The zero-order valence-electron chi connectivity index (χ0n) is 19.6. The third-order valence-electron chi connectivity index (χ3n) is 7.00. The molecule has 2 amide bonds. The molecule has 184 valence electrons. The van der Waals surface area contributed by atoms with E-state index in [1.807, 2.05) is 37.3 Å². The van der Waals surface area contributed by atoms with Gasteiger partial charge in [-0.05, 0) is 54.4 Å². The van der Waals surface area contributed by atoms with E-state index in [0.29, 0.717) is 28.6 Å². The molecule has 2 saturated heterocycles. The van der Waals surface area contributed by atoms with Crippen molar-refractivity contribution in [1.82, 2.24) is 5.32 Å². The van der Waals surface area contributed by atoms with E-state index in [4.69, 9.17) is 16.3 Å². The van der Waals surface area contributed by atoms with Crippen LogP contribution in [0.5, 0.6) is 5.75 Å². The number of amides is 2. The van der Waals surface area contributed by atoms with Gasteiger partial charge < -0.3 is 9.84 Å². The fraction of sp³-hybridized carbons (Fsp3) is 0.250. The van der Waals surface area contributed by atoms with E-state index in [1.165, 1.54) is 0 Å². The lowest BCUT2D eigenvalue weighted by atomic mass is 9.76. The van der Waals surface area contributed by atoms with Gasteiger partial charge in [0.25, 0.3) is 0 Å². The number of benzene rings is 3. The summed E-state index contributed by atoms with van der Waals surface area (Å²) in [6.07, 6.45) is 0.0462. The molecular formula is C28H25ClN2O5. The molecule has 0 bridgehead atoms. The zero-order chi connectivity index (χ0) is 25.4. The Morgan fingerprint density at radius 3 is 2.28 bits per heavy atom. The molecule has 0 spiro atoms. The highest BCUT2D eigenvalue weighted by molar-refractivity contribution is 6.30. The third-order valence-corrected chi connectivity index (χ3v) is 7.25. The second kappa shape index (κ2) is 9.41. The lowest BCUT2D eigenvalue weighted by Crippen LogP contribution is -2.57. The van der Waals surface area contributed by atoms with Crippen LogP contribution in [0.4, 0.5) is 5.69 Å². The van der Waals surface area contributed by atoms with Crippen molar-refractivity contribution in [3.05, 3.63) is 95.0 Å². The fourth-order valence-corrected chi connectivity index (χ4v) is 5.55. The number of anilines is 1. The summed E-state index contributed by atoms with van der Waals surface area (Å²) in [4.78, 5) is 41.8. The molecule has 2 aliphatic heterocycles. The first-order chi connectivity index (χ1) is 17.4. The van der Waals surface area contributed by atoms with E-state index in [2.05, 4.69) is 5.32 Å². The van der Waals surface area contributed by atoms with Crippen molar-refractivity contribution >= 4 is 35.1 Å². The largest absolute Gasteiger partial charge is 0.494 e. The number of fused-ring (bicyclic) bond motifs is 1. The summed E-state index contributed by atoms with van der Waals surface area (Å²) in [6, 6.07) is 22.0. The summed E-state index contributed by atoms with van der Waals surface area (Å²) >= 11 is 6.08. The number of carbonyl (C=O) groups excluding carboxylic acids is 2. The Hall–Kier alpha value is -3.68. The van der Waals surface area contributed by atoms with Crippen molar-refractivity contribution in [2.24, 2.45) is 11.8 Å². The molecule has 2 fully saturated rings. The van der Waals surface area contributed by atoms with Crippen LogP contribution in [0.3, 0.4) is 0 Å². The number of nitrogens with one attached hydrogen (secondary N) is 1. The molecule has 2 N–H and O–H groups in total. The summed E-state index contributed by atoms with van der Waals surface area (Å²) in [5.74, 6) is -3.52. The van der Waals surface area contributed by atoms with E-state index in [0.717, 1.165) is 10.5 Å². The van der Waals surface area contributed by atoms with Gasteiger partial charge in [-0.25, -0.2) is 4.90 Å². The van der Waals surface area contributed by atoms with Gasteiger partial charge in [0.1, 0.15) is 11.3 Å². The molecule has 2 heterocycles. The van der Waals surface area contributed by atoms with Gasteiger partial charge in [0.2, 0.25) is 11.8 Å². The molecule has 36 heavy (non-hydrogen) atoms. The van der Waals surface area contributed by atoms with Gasteiger partial charge in [0.15, 0.2) is 0 Å². The number of aliphatic carboxylic acids is 1. The minimum atomic E-state index is -1.68. The molecule has 4 atom stereocenters. The van der Waals surface area contributed by atoms with Gasteiger partial charge in [0, 0.05) is 17.5 Å². The van der Waals surface area contributed by atoms with E-state index in [1.54, 1.807) is 48.5 Å². The van der Waals surface area contributed by atoms with Gasteiger partial charge in [-0.3, -0.25) is 19.7 Å². The van der Waals surface area contributed by atoms with Crippen LogP contribution in [-0.2, 0) is 20.8 Å². The molecule has 0 unspecified atom stereocenters. The highest BCUT2D eigenvalue weighted by Gasteiger charge is 2.68. The molecule has 8 heteroatoms. The number of carboxylic acids is 1. The Morgan fingerprint density at radius 1 is 1.00 bits per heavy atom. The van der Waals surface area contributed by atoms with Crippen molar-refractivity contribution in [1.29, 1.82) is 0 Å². The second-order valence-corrected chi connectivity index (χ2v) is 9.49. The van der Waals surface area contributed by atoms with Gasteiger partial charge in [0.05, 0.1) is 24.1 Å². The van der Waals surface area contributed by atoms with Crippen molar-refractivity contribution in [2.75, 3.05) is 11.5 Å². The van der Waals surface area contributed by atoms with E-state index >= 15 is 0 Å². The molecule has 0 radical (unpaired) electrons. The minimum Gasteiger partial charge on any atom is -0.494 e. The lowest BCUT2D eigenvalue weighted by molar-refractivity contribution is -0.148. The molecule has 5 rings (SSSR count). The summed E-state index contributed by atoms with van der Waals surface area (Å²) in [7, 11) is 0. The number of halogens is 1. The maximum absolute atomic E-state index is 13.9. The Morgan fingerprint density at radius 2 is 1.67 bits per heavy atom. The topological polar surface area (TPSA) is 95.9 Å². The number of hydrogen-bond donors (Lipinski definition) is 2. The number of imide groups is 1. The first-order valence-electron chi connectivity index (χ1n) is 11.8. The van der Waals surface area contributed by atoms with Crippen LogP contribution in [0.1, 0.15) is 24.1 Å². The predicted octanol–water partition coefficient (Wildman–Crippen LogP) is 4.25. The van der Waals surface area contributed by atoms with E-state index < -0.39 is 41.2 Å². The zero-order valence-corrected chi connectivity index (χ0v) is 20.3. The quantitative estimate of drug-likeness (QED) is 0.467. The third kappa shape index (κ3) is 3.94. The molecule has 2 aliphatic rings. The number of rotatable bonds is 7.